The maximum atomic E-state index is 14.1. The van der Waals surface area contributed by atoms with Crippen LogP contribution in [0.3, 0.4) is 0 Å². The molecule has 0 aliphatic heterocycles. The average molecular weight is 357 g/mol. The topological polar surface area (TPSA) is 64.6 Å². The number of carbonyl (C=O) groups excluding carboxylic acids is 2. The van der Waals surface area contributed by atoms with Crippen LogP contribution in [0.2, 0.25) is 0 Å². The lowest BCUT2D eigenvalue weighted by Gasteiger charge is -2.18. The summed E-state index contributed by atoms with van der Waals surface area (Å²) in [6, 6.07) is 9.68. The maximum absolute atomic E-state index is 14.1. The van der Waals surface area contributed by atoms with Gasteiger partial charge in [-0.25, -0.2) is 4.39 Å². The zero-order valence-electron chi connectivity index (χ0n) is 14.8. The lowest BCUT2D eigenvalue weighted by Crippen LogP contribution is -2.30. The first-order chi connectivity index (χ1) is 12.4. The number of anilines is 1. The van der Waals surface area contributed by atoms with E-state index in [1.165, 1.54) is 19.2 Å². The SMILES string of the molecule is COc1ccccc1NC(=O)[C@H](C)Oc1ccc(F)c2c1C(=O)C[C@H]2C. The molecule has 0 heterocycles. The van der Waals surface area contributed by atoms with Crippen LogP contribution in [0.15, 0.2) is 36.4 Å². The Morgan fingerprint density at radius 1 is 1.23 bits per heavy atom. The summed E-state index contributed by atoms with van der Waals surface area (Å²) >= 11 is 0. The van der Waals surface area contributed by atoms with Crippen LogP contribution in [0.4, 0.5) is 10.1 Å². The zero-order chi connectivity index (χ0) is 18.8. The molecule has 5 nitrogen and oxygen atoms in total. The molecule has 6 heteroatoms. The van der Waals surface area contributed by atoms with E-state index < -0.39 is 17.8 Å². The number of para-hydroxylation sites is 2. The number of benzene rings is 2. The number of ketones is 1. The Morgan fingerprint density at radius 3 is 2.69 bits per heavy atom. The normalized spacial score (nSPS) is 16.8. The molecule has 1 N–H and O–H groups in total. The number of halogens is 1. The van der Waals surface area contributed by atoms with Gasteiger partial charge in [-0.05, 0) is 37.1 Å². The fraction of sp³-hybridized carbons (Fsp3) is 0.300. The van der Waals surface area contributed by atoms with Gasteiger partial charge in [0, 0.05) is 12.0 Å². The third-order valence-electron chi connectivity index (χ3n) is 4.46. The number of fused-ring (bicyclic) bond motifs is 1. The third kappa shape index (κ3) is 3.27. The maximum Gasteiger partial charge on any atom is 0.265 e. The second-order valence-electron chi connectivity index (χ2n) is 6.31. The van der Waals surface area contributed by atoms with E-state index in [1.54, 1.807) is 38.1 Å². The molecule has 0 spiro atoms. The molecule has 2 aromatic carbocycles. The molecule has 2 aromatic rings. The number of amides is 1. The van der Waals surface area contributed by atoms with E-state index in [9.17, 15) is 14.0 Å². The van der Waals surface area contributed by atoms with Crippen LogP contribution in [0.5, 0.6) is 11.5 Å². The Morgan fingerprint density at radius 2 is 1.96 bits per heavy atom. The first-order valence-corrected chi connectivity index (χ1v) is 8.38. The van der Waals surface area contributed by atoms with Crippen molar-refractivity contribution in [3.63, 3.8) is 0 Å². The Kier molecular flexibility index (Phi) is 4.93. The molecule has 26 heavy (non-hydrogen) atoms. The zero-order valence-corrected chi connectivity index (χ0v) is 14.8. The minimum atomic E-state index is -0.877. The van der Waals surface area contributed by atoms with Gasteiger partial charge in [0.05, 0.1) is 18.4 Å². The molecule has 1 aliphatic carbocycles. The molecule has 3 rings (SSSR count). The number of nitrogens with one attached hydrogen (secondary N) is 1. The van der Waals surface area contributed by atoms with Gasteiger partial charge in [0.2, 0.25) is 0 Å². The molecule has 0 fully saturated rings. The summed E-state index contributed by atoms with van der Waals surface area (Å²) in [7, 11) is 1.51. The van der Waals surface area contributed by atoms with Gasteiger partial charge in [-0.3, -0.25) is 9.59 Å². The molecular weight excluding hydrogens is 337 g/mol. The molecule has 0 unspecified atom stereocenters. The van der Waals surface area contributed by atoms with E-state index in [2.05, 4.69) is 5.32 Å². The van der Waals surface area contributed by atoms with Gasteiger partial charge < -0.3 is 14.8 Å². The summed E-state index contributed by atoms with van der Waals surface area (Å²) in [5.74, 6) is -0.417. The lowest BCUT2D eigenvalue weighted by molar-refractivity contribution is -0.122. The van der Waals surface area contributed by atoms with E-state index in [4.69, 9.17) is 9.47 Å². The second-order valence-corrected chi connectivity index (χ2v) is 6.31. The minimum Gasteiger partial charge on any atom is -0.495 e. The Labute approximate surface area is 151 Å². The Balaban J connectivity index is 1.80. The number of hydrogen-bond donors (Lipinski definition) is 1. The highest BCUT2D eigenvalue weighted by molar-refractivity contribution is 6.04. The van der Waals surface area contributed by atoms with Crippen LogP contribution >= 0.6 is 0 Å². The van der Waals surface area contributed by atoms with E-state index in [0.29, 0.717) is 17.0 Å². The van der Waals surface area contributed by atoms with Gasteiger partial charge in [-0.2, -0.15) is 0 Å². The number of rotatable bonds is 5. The highest BCUT2D eigenvalue weighted by Gasteiger charge is 2.33. The van der Waals surface area contributed by atoms with E-state index in [-0.39, 0.29) is 29.4 Å². The van der Waals surface area contributed by atoms with Crippen molar-refractivity contribution in [3.8, 4) is 11.5 Å². The van der Waals surface area contributed by atoms with E-state index in [0.717, 1.165) is 0 Å². The van der Waals surface area contributed by atoms with Gasteiger partial charge in [0.1, 0.15) is 17.3 Å². The third-order valence-corrected chi connectivity index (χ3v) is 4.46. The smallest absolute Gasteiger partial charge is 0.265 e. The number of ether oxygens (including phenoxy) is 2. The predicted octanol–water partition coefficient (Wildman–Crippen LogP) is 3.93. The van der Waals surface area contributed by atoms with Crippen molar-refractivity contribution in [2.45, 2.75) is 32.3 Å². The standard InChI is InChI=1S/C20H20FNO4/c1-11-10-15(23)19-17(9-8-13(21)18(11)19)26-12(2)20(24)22-14-6-4-5-7-16(14)25-3/h4-9,11-12H,10H2,1-3H3,(H,22,24)/t11-,12+/m1/s1. The minimum absolute atomic E-state index is 0.167. The quantitative estimate of drug-likeness (QED) is 0.881. The molecule has 2 atom stereocenters. The predicted molar refractivity (Wildman–Crippen MR) is 95.5 cm³/mol. The number of methoxy groups -OCH3 is 1. The van der Waals surface area contributed by atoms with Gasteiger partial charge in [0.15, 0.2) is 11.9 Å². The van der Waals surface area contributed by atoms with Crippen molar-refractivity contribution in [2.75, 3.05) is 12.4 Å². The van der Waals surface area contributed by atoms with Crippen LogP contribution in [0, 0.1) is 5.82 Å². The van der Waals surface area contributed by atoms with Crippen LogP contribution in [-0.4, -0.2) is 24.9 Å². The summed E-state index contributed by atoms with van der Waals surface area (Å²) in [6.45, 7) is 3.37. The van der Waals surface area contributed by atoms with Crippen molar-refractivity contribution in [2.24, 2.45) is 0 Å². The van der Waals surface area contributed by atoms with Crippen LogP contribution in [0.1, 0.15) is 42.1 Å². The van der Waals surface area contributed by atoms with Crippen molar-refractivity contribution < 1.29 is 23.5 Å². The molecule has 136 valence electrons. The fourth-order valence-electron chi connectivity index (χ4n) is 3.15. The van der Waals surface area contributed by atoms with Gasteiger partial charge in [-0.15, -0.1) is 0 Å². The highest BCUT2D eigenvalue weighted by atomic mass is 19.1. The number of Topliss-reactive ketones (excluding diaryl/α,β-unsaturated/α-hetero) is 1. The summed E-state index contributed by atoms with van der Waals surface area (Å²) in [5.41, 5.74) is 1.13. The van der Waals surface area contributed by atoms with Crippen LogP contribution in [0.25, 0.3) is 0 Å². The largest absolute Gasteiger partial charge is 0.495 e. The molecule has 0 saturated carbocycles. The highest BCUT2D eigenvalue weighted by Crippen LogP contribution is 2.40. The monoisotopic (exact) mass is 357 g/mol. The van der Waals surface area contributed by atoms with Crippen LogP contribution in [-0.2, 0) is 4.79 Å². The van der Waals surface area contributed by atoms with E-state index >= 15 is 0 Å². The van der Waals surface area contributed by atoms with Crippen molar-refractivity contribution in [3.05, 3.63) is 53.3 Å². The van der Waals surface area contributed by atoms with Crippen molar-refractivity contribution >= 4 is 17.4 Å². The number of hydrogen-bond acceptors (Lipinski definition) is 4. The first kappa shape index (κ1) is 17.9. The van der Waals surface area contributed by atoms with Crippen LogP contribution < -0.4 is 14.8 Å². The average Bonchev–Trinajstić information content (AvgIpc) is 2.93. The van der Waals surface area contributed by atoms with Gasteiger partial charge >= 0.3 is 0 Å². The lowest BCUT2D eigenvalue weighted by atomic mass is 10.0. The Hall–Kier alpha value is -2.89. The Bertz CT molecular complexity index is 865. The molecule has 0 radical (unpaired) electrons. The first-order valence-electron chi connectivity index (χ1n) is 8.38. The molecule has 0 aromatic heterocycles. The van der Waals surface area contributed by atoms with E-state index in [1.807, 2.05) is 0 Å². The summed E-state index contributed by atoms with van der Waals surface area (Å²) in [4.78, 5) is 24.7. The summed E-state index contributed by atoms with van der Waals surface area (Å²) in [6.07, 6.45) is -0.632. The number of carbonyl (C=O) groups is 2. The molecule has 1 aliphatic rings. The fourth-order valence-corrected chi connectivity index (χ4v) is 3.15. The van der Waals surface area contributed by atoms with Crippen molar-refractivity contribution in [1.29, 1.82) is 0 Å². The summed E-state index contributed by atoms with van der Waals surface area (Å²) < 4.78 is 25.0. The van der Waals surface area contributed by atoms with Crippen molar-refractivity contribution in [1.82, 2.24) is 0 Å². The second kappa shape index (κ2) is 7.15. The van der Waals surface area contributed by atoms with Gasteiger partial charge in [0.25, 0.3) is 5.91 Å². The van der Waals surface area contributed by atoms with Gasteiger partial charge in [-0.1, -0.05) is 19.1 Å². The summed E-state index contributed by atoms with van der Waals surface area (Å²) in [5, 5.41) is 2.73. The molecule has 0 bridgehead atoms. The molecular formula is C20H20FNO4. The molecule has 0 saturated heterocycles. The molecule has 1 amide bonds.